The number of aliphatic hydroxyl groups is 1. The van der Waals surface area contributed by atoms with Gasteiger partial charge in [-0.15, -0.1) is 12.4 Å². The molecule has 1 aliphatic rings. The van der Waals surface area contributed by atoms with Gasteiger partial charge in [0.05, 0.1) is 12.1 Å². The Bertz CT molecular complexity index is 385. The van der Waals surface area contributed by atoms with Gasteiger partial charge < -0.3 is 10.8 Å². The number of hydrogen-bond acceptors (Lipinski definition) is 2. The van der Waals surface area contributed by atoms with E-state index in [1.807, 2.05) is 0 Å². The van der Waals surface area contributed by atoms with Crippen molar-refractivity contribution in [2.75, 3.05) is 0 Å². The summed E-state index contributed by atoms with van der Waals surface area (Å²) in [5.74, 6) is -0.129. The average Bonchev–Trinajstić information content (AvgIpc) is 2.14. The molecule has 1 saturated carbocycles. The lowest BCUT2D eigenvalue weighted by molar-refractivity contribution is 0.0414. The van der Waals surface area contributed by atoms with Gasteiger partial charge in [0.15, 0.2) is 0 Å². The van der Waals surface area contributed by atoms with Gasteiger partial charge in [0.25, 0.3) is 0 Å². The molecule has 0 heterocycles. The van der Waals surface area contributed by atoms with Crippen LogP contribution in [0, 0.1) is 11.7 Å². The quantitative estimate of drug-likeness (QED) is 0.893. The van der Waals surface area contributed by atoms with Gasteiger partial charge in [-0.25, -0.2) is 4.39 Å². The molecule has 96 valence electrons. The molecule has 0 amide bonds. The minimum atomic E-state index is -0.586. The van der Waals surface area contributed by atoms with Crippen LogP contribution in [0.5, 0.6) is 0 Å². The van der Waals surface area contributed by atoms with Gasteiger partial charge >= 0.3 is 0 Å². The Balaban J connectivity index is 0.00000144. The number of halogens is 3. The number of nitrogens with two attached hydrogens (primary N) is 1. The Morgan fingerprint density at radius 3 is 2.53 bits per heavy atom. The number of hydrogen-bond donors (Lipinski definition) is 2. The van der Waals surface area contributed by atoms with Crippen LogP contribution in [0.4, 0.5) is 4.39 Å². The van der Waals surface area contributed by atoms with Crippen molar-refractivity contribution in [2.45, 2.75) is 31.4 Å². The van der Waals surface area contributed by atoms with E-state index >= 15 is 0 Å². The molecule has 0 unspecified atom stereocenters. The Hall–Kier alpha value is -0.350. The van der Waals surface area contributed by atoms with Crippen LogP contribution < -0.4 is 5.73 Å². The Morgan fingerprint density at radius 2 is 2.06 bits per heavy atom. The third-order valence-electron chi connectivity index (χ3n) is 3.32. The van der Waals surface area contributed by atoms with Crippen LogP contribution >= 0.6 is 24.0 Å². The third-order valence-corrected chi connectivity index (χ3v) is 3.65. The van der Waals surface area contributed by atoms with Crippen molar-refractivity contribution in [2.24, 2.45) is 11.7 Å². The molecule has 0 aromatic heterocycles. The van der Waals surface area contributed by atoms with Crippen molar-refractivity contribution in [3.63, 3.8) is 0 Å². The Morgan fingerprint density at radius 1 is 1.41 bits per heavy atom. The van der Waals surface area contributed by atoms with Crippen molar-refractivity contribution in [3.05, 3.63) is 34.6 Å². The van der Waals surface area contributed by atoms with Crippen molar-refractivity contribution < 1.29 is 9.50 Å². The monoisotopic (exact) mass is 279 g/mol. The second-order valence-electron chi connectivity index (χ2n) is 4.37. The van der Waals surface area contributed by atoms with Gasteiger partial charge in [-0.1, -0.05) is 24.1 Å². The molecule has 1 aliphatic carbocycles. The highest BCUT2D eigenvalue weighted by atomic mass is 35.5. The molecule has 0 spiro atoms. The van der Waals surface area contributed by atoms with Crippen molar-refractivity contribution in [3.8, 4) is 0 Å². The SMILES string of the molecule is Cl.N[C@@H](c1ccc(F)cc1Cl)[C@H](O)C1CCC1. The normalized spacial score (nSPS) is 19.1. The van der Waals surface area contributed by atoms with E-state index in [1.165, 1.54) is 12.1 Å². The highest BCUT2D eigenvalue weighted by Gasteiger charge is 2.31. The zero-order chi connectivity index (χ0) is 11.7. The fourth-order valence-electron chi connectivity index (χ4n) is 2.03. The molecule has 5 heteroatoms. The lowest BCUT2D eigenvalue weighted by atomic mass is 9.77. The fourth-order valence-corrected chi connectivity index (χ4v) is 2.32. The molecule has 0 saturated heterocycles. The highest BCUT2D eigenvalue weighted by Crippen LogP contribution is 2.35. The molecule has 0 radical (unpaired) electrons. The maximum Gasteiger partial charge on any atom is 0.124 e. The molecule has 0 bridgehead atoms. The molecule has 2 rings (SSSR count). The predicted molar refractivity (Wildman–Crippen MR) is 68.9 cm³/mol. The topological polar surface area (TPSA) is 46.2 Å². The number of aliphatic hydroxyl groups excluding tert-OH is 1. The maximum atomic E-state index is 12.9. The lowest BCUT2D eigenvalue weighted by Gasteiger charge is -2.34. The molecule has 3 N–H and O–H groups in total. The Labute approximate surface area is 111 Å². The van der Waals surface area contributed by atoms with E-state index in [0.29, 0.717) is 5.56 Å². The fraction of sp³-hybridized carbons (Fsp3) is 0.500. The van der Waals surface area contributed by atoms with E-state index in [-0.39, 0.29) is 29.2 Å². The first-order valence-electron chi connectivity index (χ1n) is 5.48. The molecular weight excluding hydrogens is 264 g/mol. The summed E-state index contributed by atoms with van der Waals surface area (Å²) < 4.78 is 12.9. The summed E-state index contributed by atoms with van der Waals surface area (Å²) in [5.41, 5.74) is 6.56. The van der Waals surface area contributed by atoms with Gasteiger partial charge in [0.1, 0.15) is 5.82 Å². The largest absolute Gasteiger partial charge is 0.391 e. The molecule has 17 heavy (non-hydrogen) atoms. The van der Waals surface area contributed by atoms with E-state index in [0.717, 1.165) is 19.3 Å². The lowest BCUT2D eigenvalue weighted by Crippen LogP contribution is -2.36. The standard InChI is InChI=1S/C12H15ClFNO.ClH/c13-10-6-8(14)4-5-9(10)11(15)12(16)7-2-1-3-7;/h4-7,11-12,16H,1-3,15H2;1H/t11-,12+;/m0./s1. The summed E-state index contributed by atoms with van der Waals surface area (Å²) >= 11 is 5.90. The molecule has 1 fully saturated rings. The Kier molecular flexibility index (Phi) is 5.20. The average molecular weight is 280 g/mol. The van der Waals surface area contributed by atoms with Gasteiger partial charge in [0, 0.05) is 5.02 Å². The number of rotatable bonds is 3. The first-order valence-corrected chi connectivity index (χ1v) is 5.86. The van der Waals surface area contributed by atoms with Gasteiger partial charge in [0.2, 0.25) is 0 Å². The third kappa shape index (κ3) is 3.10. The van der Waals surface area contributed by atoms with Crippen LogP contribution in [0.3, 0.4) is 0 Å². The summed E-state index contributed by atoms with van der Waals surface area (Å²) in [7, 11) is 0. The summed E-state index contributed by atoms with van der Waals surface area (Å²) in [5, 5.41) is 10.3. The zero-order valence-electron chi connectivity index (χ0n) is 9.27. The smallest absolute Gasteiger partial charge is 0.124 e. The molecule has 2 nitrogen and oxygen atoms in total. The first-order chi connectivity index (χ1) is 7.59. The van der Waals surface area contributed by atoms with Gasteiger partial charge in [-0.05, 0) is 36.5 Å². The van der Waals surface area contributed by atoms with Crippen LogP contribution in [0.1, 0.15) is 30.9 Å². The highest BCUT2D eigenvalue weighted by molar-refractivity contribution is 6.31. The minimum Gasteiger partial charge on any atom is -0.391 e. The molecule has 1 aromatic carbocycles. The van der Waals surface area contributed by atoms with Crippen molar-refractivity contribution in [1.82, 2.24) is 0 Å². The van der Waals surface area contributed by atoms with E-state index in [4.69, 9.17) is 17.3 Å². The summed E-state index contributed by atoms with van der Waals surface area (Å²) in [4.78, 5) is 0. The van der Waals surface area contributed by atoms with Crippen molar-refractivity contribution in [1.29, 1.82) is 0 Å². The van der Waals surface area contributed by atoms with Gasteiger partial charge in [-0.3, -0.25) is 0 Å². The van der Waals surface area contributed by atoms with Crippen LogP contribution in [0.15, 0.2) is 18.2 Å². The van der Waals surface area contributed by atoms with E-state index in [1.54, 1.807) is 6.07 Å². The second kappa shape index (κ2) is 6.01. The number of benzene rings is 1. The van der Waals surface area contributed by atoms with E-state index in [9.17, 15) is 9.50 Å². The summed E-state index contributed by atoms with van der Waals surface area (Å²) in [6.07, 6.45) is 2.57. The second-order valence-corrected chi connectivity index (χ2v) is 4.78. The molecule has 1 aromatic rings. The van der Waals surface area contributed by atoms with Crippen LogP contribution in [-0.2, 0) is 0 Å². The van der Waals surface area contributed by atoms with Crippen molar-refractivity contribution >= 4 is 24.0 Å². The maximum absolute atomic E-state index is 12.9. The van der Waals surface area contributed by atoms with E-state index in [2.05, 4.69) is 0 Å². The molecule has 0 aliphatic heterocycles. The first kappa shape index (κ1) is 14.7. The molecule has 2 atom stereocenters. The summed E-state index contributed by atoms with van der Waals surface area (Å²) in [6, 6.07) is 3.56. The summed E-state index contributed by atoms with van der Waals surface area (Å²) in [6.45, 7) is 0. The minimum absolute atomic E-state index is 0. The van der Waals surface area contributed by atoms with Crippen LogP contribution in [0.2, 0.25) is 5.02 Å². The predicted octanol–water partition coefficient (Wildman–Crippen LogP) is 3.06. The van der Waals surface area contributed by atoms with E-state index < -0.39 is 12.1 Å². The zero-order valence-corrected chi connectivity index (χ0v) is 10.8. The molecular formula is C12H16Cl2FNO. The van der Waals surface area contributed by atoms with Gasteiger partial charge in [-0.2, -0.15) is 0 Å². The van der Waals surface area contributed by atoms with Crippen LogP contribution in [0.25, 0.3) is 0 Å². The van der Waals surface area contributed by atoms with Crippen LogP contribution in [-0.4, -0.2) is 11.2 Å².